The van der Waals surface area contributed by atoms with Crippen LogP contribution in [0.3, 0.4) is 0 Å². The number of Topliss-reactive ketones (excluding diaryl/α,β-unsaturated/α-hetero) is 2. The lowest BCUT2D eigenvalue weighted by Gasteiger charge is -2.06. The molecule has 33 heavy (non-hydrogen) atoms. The molecule has 0 fully saturated rings. The number of imidazole rings is 1. The second-order valence-corrected chi connectivity index (χ2v) is 8.70. The van der Waals surface area contributed by atoms with Gasteiger partial charge in [0.2, 0.25) is 5.71 Å². The van der Waals surface area contributed by atoms with Crippen LogP contribution in [0.4, 0.5) is 0 Å². The van der Waals surface area contributed by atoms with Crippen molar-refractivity contribution in [3.63, 3.8) is 0 Å². The van der Waals surface area contributed by atoms with Crippen LogP contribution in [0.15, 0.2) is 70.7 Å². The summed E-state index contributed by atoms with van der Waals surface area (Å²) in [5.41, 5.74) is 2.67. The van der Waals surface area contributed by atoms with E-state index in [1.807, 2.05) is 35.9 Å². The molecular weight excluding hydrogens is 459 g/mol. The van der Waals surface area contributed by atoms with Crippen LogP contribution in [0, 0.1) is 0 Å². The van der Waals surface area contributed by atoms with Crippen LogP contribution in [-0.2, 0) is 7.05 Å². The van der Waals surface area contributed by atoms with Crippen molar-refractivity contribution < 1.29 is 14.0 Å². The summed E-state index contributed by atoms with van der Waals surface area (Å²) in [5, 5.41) is 2.67. The number of furan rings is 1. The summed E-state index contributed by atoms with van der Waals surface area (Å²) in [6.45, 7) is 0. The van der Waals surface area contributed by atoms with Gasteiger partial charge in [-0.15, -0.1) is 0 Å². The average molecular weight is 473 g/mol. The van der Waals surface area contributed by atoms with Gasteiger partial charge in [-0.2, -0.15) is 4.98 Å². The smallest absolute Gasteiger partial charge is 0.245 e. The number of benzene rings is 3. The number of hydrogen-bond acceptors (Lipinski definition) is 4. The quantitative estimate of drug-likeness (QED) is 0.210. The van der Waals surface area contributed by atoms with Gasteiger partial charge in [-0.1, -0.05) is 65.7 Å². The number of allylic oxidation sites excluding steroid dienone is 1. The SMILES string of the molecule is Cn1c(-c2cccc3ccccc23)nc2oc(C=C3C(=O)c4cc(Cl)c(Cl)cc4C3=O)cc21. The van der Waals surface area contributed by atoms with Gasteiger partial charge >= 0.3 is 0 Å². The molecule has 1 aliphatic carbocycles. The highest BCUT2D eigenvalue weighted by Crippen LogP contribution is 2.35. The maximum Gasteiger partial charge on any atom is 0.245 e. The summed E-state index contributed by atoms with van der Waals surface area (Å²) in [4.78, 5) is 30.3. The van der Waals surface area contributed by atoms with Gasteiger partial charge < -0.3 is 8.98 Å². The van der Waals surface area contributed by atoms with Gasteiger partial charge in [0.05, 0.1) is 15.6 Å². The summed E-state index contributed by atoms with van der Waals surface area (Å²) in [5.74, 6) is 0.329. The third-order valence-corrected chi connectivity index (χ3v) is 6.68. The fourth-order valence-corrected chi connectivity index (χ4v) is 4.64. The van der Waals surface area contributed by atoms with E-state index in [2.05, 4.69) is 18.2 Å². The Morgan fingerprint density at radius 2 is 1.55 bits per heavy atom. The lowest BCUT2D eigenvalue weighted by atomic mass is 10.0. The van der Waals surface area contributed by atoms with Crippen LogP contribution in [0.2, 0.25) is 10.0 Å². The molecule has 2 aromatic heterocycles. The van der Waals surface area contributed by atoms with Crippen molar-refractivity contribution in [3.8, 4) is 11.4 Å². The van der Waals surface area contributed by atoms with E-state index in [4.69, 9.17) is 32.6 Å². The minimum atomic E-state index is -0.404. The van der Waals surface area contributed by atoms with Gasteiger partial charge in [-0.05, 0) is 29.0 Å². The normalized spacial score (nSPS) is 13.4. The maximum atomic E-state index is 12.8. The van der Waals surface area contributed by atoms with Crippen molar-refractivity contribution in [2.45, 2.75) is 0 Å². The second kappa shape index (κ2) is 7.17. The standard InChI is InChI=1S/C26H14Cl2N2O3/c1-30-22-10-14(9-19-23(31)17-11-20(27)21(28)12-18(17)24(19)32)33-26(22)29-25(30)16-8-4-6-13-5-2-3-7-15(13)16/h2-12H,1H3. The van der Waals surface area contributed by atoms with E-state index < -0.39 is 11.6 Å². The number of aryl methyl sites for hydroxylation is 1. The molecule has 3 aromatic carbocycles. The van der Waals surface area contributed by atoms with Crippen molar-refractivity contribution in [1.82, 2.24) is 9.55 Å². The van der Waals surface area contributed by atoms with Crippen LogP contribution >= 0.6 is 23.2 Å². The molecule has 0 amide bonds. The van der Waals surface area contributed by atoms with Crippen molar-refractivity contribution in [1.29, 1.82) is 0 Å². The monoisotopic (exact) mass is 472 g/mol. The van der Waals surface area contributed by atoms with Gasteiger partial charge in [-0.3, -0.25) is 9.59 Å². The average Bonchev–Trinajstić information content (AvgIpc) is 3.42. The van der Waals surface area contributed by atoms with Crippen LogP contribution < -0.4 is 0 Å². The molecule has 5 nitrogen and oxygen atoms in total. The molecule has 0 bridgehead atoms. The van der Waals surface area contributed by atoms with E-state index in [1.54, 1.807) is 6.07 Å². The third-order valence-electron chi connectivity index (χ3n) is 5.96. The third kappa shape index (κ3) is 2.97. The molecule has 0 atom stereocenters. The van der Waals surface area contributed by atoms with Crippen LogP contribution in [0.1, 0.15) is 26.5 Å². The summed E-state index contributed by atoms with van der Waals surface area (Å²) < 4.78 is 7.84. The zero-order chi connectivity index (χ0) is 22.9. The molecule has 0 unspecified atom stereocenters. The van der Waals surface area contributed by atoms with Crippen molar-refractivity contribution >= 4 is 62.8 Å². The maximum absolute atomic E-state index is 12.8. The first-order valence-corrected chi connectivity index (χ1v) is 10.9. The lowest BCUT2D eigenvalue weighted by Crippen LogP contribution is -2.00. The number of rotatable bonds is 2. The van der Waals surface area contributed by atoms with Crippen LogP contribution in [0.5, 0.6) is 0 Å². The number of ketones is 2. The van der Waals surface area contributed by atoms with Gasteiger partial charge in [0.25, 0.3) is 0 Å². The molecule has 7 heteroatoms. The Bertz CT molecular complexity index is 1640. The van der Waals surface area contributed by atoms with E-state index in [0.717, 1.165) is 27.7 Å². The molecule has 5 aromatic rings. The molecule has 0 N–H and O–H groups in total. The molecule has 6 rings (SSSR count). The number of hydrogen-bond donors (Lipinski definition) is 0. The summed E-state index contributed by atoms with van der Waals surface area (Å²) >= 11 is 12.1. The zero-order valence-corrected chi connectivity index (χ0v) is 18.7. The summed E-state index contributed by atoms with van der Waals surface area (Å²) in [6.07, 6.45) is 1.45. The van der Waals surface area contributed by atoms with Crippen molar-refractivity contribution in [2.75, 3.05) is 0 Å². The fraction of sp³-hybridized carbons (Fsp3) is 0.0385. The molecule has 0 spiro atoms. The highest BCUT2D eigenvalue weighted by molar-refractivity contribution is 6.46. The molecule has 0 saturated carbocycles. The lowest BCUT2D eigenvalue weighted by molar-refractivity contribution is 0.0990. The first-order chi connectivity index (χ1) is 15.9. The van der Waals surface area contributed by atoms with Gasteiger partial charge in [0.1, 0.15) is 17.1 Å². The van der Waals surface area contributed by atoms with Gasteiger partial charge in [0, 0.05) is 29.8 Å². The molecule has 0 aliphatic heterocycles. The molecular formula is C26H14Cl2N2O3. The van der Waals surface area contributed by atoms with Crippen LogP contribution in [0.25, 0.3) is 39.5 Å². The molecule has 2 heterocycles. The van der Waals surface area contributed by atoms with Crippen molar-refractivity contribution in [2.24, 2.45) is 7.05 Å². The second-order valence-electron chi connectivity index (χ2n) is 7.89. The fourth-order valence-electron chi connectivity index (χ4n) is 4.32. The minimum Gasteiger partial charge on any atom is -0.437 e. The van der Waals surface area contributed by atoms with E-state index >= 15 is 0 Å². The summed E-state index contributed by atoms with van der Waals surface area (Å²) in [6, 6.07) is 18.8. The number of aromatic nitrogens is 2. The van der Waals surface area contributed by atoms with Crippen LogP contribution in [-0.4, -0.2) is 21.1 Å². The first-order valence-electron chi connectivity index (χ1n) is 10.2. The minimum absolute atomic E-state index is 0.0108. The number of nitrogens with zero attached hydrogens (tertiary/aromatic N) is 2. The molecule has 0 saturated heterocycles. The summed E-state index contributed by atoms with van der Waals surface area (Å²) in [7, 11) is 1.91. The first kappa shape index (κ1) is 20.0. The predicted molar refractivity (Wildman–Crippen MR) is 129 cm³/mol. The Balaban J connectivity index is 1.43. The van der Waals surface area contributed by atoms with Crippen molar-refractivity contribution in [3.05, 3.63) is 93.2 Å². The Hall–Kier alpha value is -3.67. The molecule has 160 valence electrons. The van der Waals surface area contributed by atoms with Gasteiger partial charge in [-0.25, -0.2) is 0 Å². The molecule has 1 aliphatic rings. The highest BCUT2D eigenvalue weighted by Gasteiger charge is 2.34. The number of carbonyl (C=O) groups excluding carboxylic acids is 2. The zero-order valence-electron chi connectivity index (χ0n) is 17.2. The Morgan fingerprint density at radius 1 is 0.879 bits per heavy atom. The Kier molecular flexibility index (Phi) is 4.34. The largest absolute Gasteiger partial charge is 0.437 e. The van der Waals surface area contributed by atoms with E-state index in [9.17, 15) is 9.59 Å². The predicted octanol–water partition coefficient (Wildman–Crippen LogP) is 6.76. The molecule has 0 radical (unpaired) electrons. The Labute approximate surface area is 197 Å². The number of halogens is 2. The number of fused-ring (bicyclic) bond motifs is 3. The van der Waals surface area contributed by atoms with E-state index in [0.29, 0.717) is 11.5 Å². The van der Waals surface area contributed by atoms with Gasteiger partial charge in [0.15, 0.2) is 11.6 Å². The Morgan fingerprint density at radius 3 is 2.24 bits per heavy atom. The topological polar surface area (TPSA) is 65.1 Å². The number of carbonyl (C=O) groups is 2. The van der Waals surface area contributed by atoms with E-state index in [-0.39, 0.29) is 26.7 Å². The highest BCUT2D eigenvalue weighted by atomic mass is 35.5. The van der Waals surface area contributed by atoms with E-state index in [1.165, 1.54) is 18.2 Å².